The fourth-order valence-corrected chi connectivity index (χ4v) is 2.15. The van der Waals surface area contributed by atoms with E-state index >= 15 is 0 Å². The van der Waals surface area contributed by atoms with Gasteiger partial charge >= 0.3 is 6.09 Å². The third-order valence-corrected chi connectivity index (χ3v) is 3.40. The van der Waals surface area contributed by atoms with Gasteiger partial charge in [-0.25, -0.2) is 4.79 Å². The molecule has 0 aliphatic carbocycles. The molecule has 104 valence electrons. The number of nitrogens with one attached hydrogen (secondary N) is 1. The van der Waals surface area contributed by atoms with Crippen molar-refractivity contribution < 1.29 is 14.7 Å². The molecular formula is C13H24N2O3. The van der Waals surface area contributed by atoms with Gasteiger partial charge in [-0.15, -0.1) is 0 Å². The molecular weight excluding hydrogens is 232 g/mol. The number of β-lactam (4-membered cyclic amide) rings is 1. The first kappa shape index (κ1) is 14.8. The lowest BCUT2D eigenvalue weighted by Crippen LogP contribution is -2.63. The summed E-state index contributed by atoms with van der Waals surface area (Å²) in [6.45, 7) is 3.12. The van der Waals surface area contributed by atoms with Gasteiger partial charge in [0.15, 0.2) is 0 Å². The highest BCUT2D eigenvalue weighted by Crippen LogP contribution is 2.11. The van der Waals surface area contributed by atoms with E-state index in [1.165, 1.54) is 30.6 Å². The van der Waals surface area contributed by atoms with Crippen LogP contribution in [0.4, 0.5) is 4.79 Å². The normalized spacial score (nSPS) is 18.1. The van der Waals surface area contributed by atoms with Crippen molar-refractivity contribution in [2.75, 3.05) is 13.1 Å². The van der Waals surface area contributed by atoms with Crippen LogP contribution in [0.15, 0.2) is 0 Å². The summed E-state index contributed by atoms with van der Waals surface area (Å²) in [5.74, 6) is -0.166. The SMILES string of the molecule is CCCCCCCCCN(C(=O)O)C1CNC1=O. The summed E-state index contributed by atoms with van der Waals surface area (Å²) in [6.07, 6.45) is 7.08. The number of carbonyl (C=O) groups excluding carboxylic acids is 1. The minimum absolute atomic E-state index is 0.166. The molecule has 1 saturated heterocycles. The lowest BCUT2D eigenvalue weighted by molar-refractivity contribution is -0.132. The van der Waals surface area contributed by atoms with Crippen LogP contribution < -0.4 is 5.32 Å². The molecule has 1 unspecified atom stereocenters. The third kappa shape index (κ3) is 4.55. The van der Waals surface area contributed by atoms with Crippen LogP contribution in [0, 0.1) is 0 Å². The average molecular weight is 256 g/mol. The molecule has 1 aliphatic rings. The van der Waals surface area contributed by atoms with Crippen LogP contribution in [-0.2, 0) is 4.79 Å². The molecule has 0 bridgehead atoms. The maximum Gasteiger partial charge on any atom is 0.408 e. The molecule has 18 heavy (non-hydrogen) atoms. The van der Waals surface area contributed by atoms with Crippen molar-refractivity contribution in [3.63, 3.8) is 0 Å². The van der Waals surface area contributed by atoms with Crippen molar-refractivity contribution in [2.24, 2.45) is 0 Å². The first-order chi connectivity index (χ1) is 8.66. The Morgan fingerprint density at radius 2 is 1.89 bits per heavy atom. The summed E-state index contributed by atoms with van der Waals surface area (Å²) in [4.78, 5) is 23.5. The van der Waals surface area contributed by atoms with E-state index in [1.807, 2.05) is 0 Å². The number of hydrogen-bond acceptors (Lipinski definition) is 2. The quantitative estimate of drug-likeness (QED) is 0.491. The zero-order chi connectivity index (χ0) is 13.4. The highest BCUT2D eigenvalue weighted by atomic mass is 16.4. The fourth-order valence-electron chi connectivity index (χ4n) is 2.15. The van der Waals surface area contributed by atoms with Gasteiger partial charge in [-0.1, -0.05) is 45.4 Å². The predicted molar refractivity (Wildman–Crippen MR) is 69.5 cm³/mol. The molecule has 2 amide bonds. The van der Waals surface area contributed by atoms with Crippen LogP contribution in [-0.4, -0.2) is 41.1 Å². The molecule has 1 rings (SSSR count). The minimum atomic E-state index is -0.985. The third-order valence-electron chi connectivity index (χ3n) is 3.40. The van der Waals surface area contributed by atoms with E-state index in [0.717, 1.165) is 19.3 Å². The molecule has 2 N–H and O–H groups in total. The molecule has 0 aromatic heterocycles. The predicted octanol–water partition coefficient (Wildman–Crippen LogP) is 2.22. The molecule has 0 aromatic rings. The molecule has 1 aliphatic heterocycles. The van der Waals surface area contributed by atoms with E-state index in [4.69, 9.17) is 5.11 Å². The fraction of sp³-hybridized carbons (Fsp3) is 0.846. The second kappa shape index (κ2) is 7.95. The standard InChI is InChI=1S/C13H24N2O3/c1-2-3-4-5-6-7-8-9-15(13(17)18)11-10-14-12(11)16/h11H,2-10H2,1H3,(H,14,16)(H,17,18). The van der Waals surface area contributed by atoms with Gasteiger partial charge < -0.3 is 10.4 Å². The van der Waals surface area contributed by atoms with Crippen LogP contribution in [0.25, 0.3) is 0 Å². The van der Waals surface area contributed by atoms with Crippen molar-refractivity contribution in [3.05, 3.63) is 0 Å². The average Bonchev–Trinajstić information content (AvgIpc) is 2.34. The van der Waals surface area contributed by atoms with E-state index < -0.39 is 12.1 Å². The topological polar surface area (TPSA) is 69.6 Å². The Morgan fingerprint density at radius 3 is 2.33 bits per heavy atom. The molecule has 0 radical (unpaired) electrons. The van der Waals surface area contributed by atoms with Gasteiger partial charge in [0, 0.05) is 13.1 Å². The van der Waals surface area contributed by atoms with E-state index in [-0.39, 0.29) is 5.91 Å². The molecule has 0 spiro atoms. The second-order valence-corrected chi connectivity index (χ2v) is 4.86. The van der Waals surface area contributed by atoms with E-state index in [0.29, 0.717) is 13.1 Å². The van der Waals surface area contributed by atoms with Crippen LogP contribution in [0.5, 0.6) is 0 Å². The Hall–Kier alpha value is -1.26. The first-order valence-electron chi connectivity index (χ1n) is 6.94. The highest BCUT2D eigenvalue weighted by molar-refractivity contribution is 5.90. The van der Waals surface area contributed by atoms with Gasteiger partial charge in [0.2, 0.25) is 5.91 Å². The largest absolute Gasteiger partial charge is 0.465 e. The van der Waals surface area contributed by atoms with E-state index in [9.17, 15) is 9.59 Å². The molecule has 1 fully saturated rings. The Morgan fingerprint density at radius 1 is 1.28 bits per heavy atom. The van der Waals surface area contributed by atoms with E-state index in [1.54, 1.807) is 0 Å². The van der Waals surface area contributed by atoms with Crippen LogP contribution >= 0.6 is 0 Å². The minimum Gasteiger partial charge on any atom is -0.465 e. The lowest BCUT2D eigenvalue weighted by atomic mass is 10.1. The first-order valence-corrected chi connectivity index (χ1v) is 6.94. The Bertz CT molecular complexity index is 281. The van der Waals surface area contributed by atoms with Crippen molar-refractivity contribution in [1.29, 1.82) is 0 Å². The van der Waals surface area contributed by atoms with Crippen molar-refractivity contribution in [3.8, 4) is 0 Å². The van der Waals surface area contributed by atoms with Crippen LogP contribution in [0.2, 0.25) is 0 Å². The van der Waals surface area contributed by atoms with Gasteiger partial charge in [0.1, 0.15) is 6.04 Å². The molecule has 5 nitrogen and oxygen atoms in total. The summed E-state index contributed by atoms with van der Waals surface area (Å²) in [6, 6.07) is -0.456. The number of amides is 2. The highest BCUT2D eigenvalue weighted by Gasteiger charge is 2.35. The van der Waals surface area contributed by atoms with Crippen molar-refractivity contribution in [2.45, 2.75) is 57.9 Å². The van der Waals surface area contributed by atoms with Gasteiger partial charge in [-0.3, -0.25) is 9.69 Å². The number of carbonyl (C=O) groups is 2. The molecule has 5 heteroatoms. The van der Waals surface area contributed by atoms with Gasteiger partial charge in [0.25, 0.3) is 0 Å². The van der Waals surface area contributed by atoms with Crippen molar-refractivity contribution in [1.82, 2.24) is 10.2 Å². The number of unbranched alkanes of at least 4 members (excludes halogenated alkanes) is 6. The zero-order valence-corrected chi connectivity index (χ0v) is 11.2. The van der Waals surface area contributed by atoms with Gasteiger partial charge in [-0.05, 0) is 6.42 Å². The molecule has 1 heterocycles. The summed E-state index contributed by atoms with van der Waals surface area (Å²) in [5, 5.41) is 11.6. The maximum absolute atomic E-state index is 11.2. The number of carboxylic acid groups (broad SMARTS) is 1. The zero-order valence-electron chi connectivity index (χ0n) is 11.2. The van der Waals surface area contributed by atoms with Gasteiger partial charge in [-0.2, -0.15) is 0 Å². The Labute approximate surface area is 109 Å². The summed E-state index contributed by atoms with van der Waals surface area (Å²) in [5.41, 5.74) is 0. The summed E-state index contributed by atoms with van der Waals surface area (Å²) >= 11 is 0. The second-order valence-electron chi connectivity index (χ2n) is 4.86. The Kier molecular flexibility index (Phi) is 6.54. The van der Waals surface area contributed by atoms with E-state index in [2.05, 4.69) is 12.2 Å². The number of rotatable bonds is 9. The van der Waals surface area contributed by atoms with Crippen LogP contribution in [0.3, 0.4) is 0 Å². The molecule has 0 aromatic carbocycles. The number of nitrogens with zero attached hydrogens (tertiary/aromatic N) is 1. The van der Waals surface area contributed by atoms with Crippen molar-refractivity contribution >= 4 is 12.0 Å². The summed E-state index contributed by atoms with van der Waals surface area (Å²) < 4.78 is 0. The maximum atomic E-state index is 11.2. The summed E-state index contributed by atoms with van der Waals surface area (Å²) in [7, 11) is 0. The molecule has 0 saturated carbocycles. The Balaban J connectivity index is 2.11. The molecule has 1 atom stereocenters. The van der Waals surface area contributed by atoms with Gasteiger partial charge in [0.05, 0.1) is 0 Å². The monoisotopic (exact) mass is 256 g/mol. The smallest absolute Gasteiger partial charge is 0.408 e. The lowest BCUT2D eigenvalue weighted by Gasteiger charge is -2.34. The number of hydrogen-bond donors (Lipinski definition) is 2. The van der Waals surface area contributed by atoms with Crippen LogP contribution in [0.1, 0.15) is 51.9 Å².